The minimum absolute atomic E-state index is 0.135. The van der Waals surface area contributed by atoms with Gasteiger partial charge in [0.05, 0.1) is 12.2 Å². The number of ether oxygens (including phenoxy) is 1. The van der Waals surface area contributed by atoms with Crippen LogP contribution in [0.1, 0.15) is 16.8 Å². The molecule has 102 valence electrons. The number of benzene rings is 1. The third-order valence-electron chi connectivity index (χ3n) is 2.99. The number of carbonyl (C=O) groups excluding carboxylic acids is 1. The van der Waals surface area contributed by atoms with Crippen LogP contribution in [0.3, 0.4) is 0 Å². The molecule has 1 aliphatic rings. The normalized spacial score (nSPS) is 22.2. The van der Waals surface area contributed by atoms with Crippen LogP contribution in [0.15, 0.2) is 18.2 Å². The minimum Gasteiger partial charge on any atom is -0.507 e. The molecule has 0 bridgehead atoms. The molecule has 0 saturated carbocycles. The maximum atomic E-state index is 12.8. The Kier molecular flexibility index (Phi) is 3.39. The van der Waals surface area contributed by atoms with E-state index < -0.39 is 29.0 Å². The number of carbonyl (C=O) groups is 2. The van der Waals surface area contributed by atoms with Crippen molar-refractivity contribution >= 4 is 11.9 Å². The number of amides is 1. The molecular formula is C12H12FNO5. The molecule has 7 heteroatoms. The van der Waals surface area contributed by atoms with Gasteiger partial charge in [0.1, 0.15) is 11.6 Å². The van der Waals surface area contributed by atoms with Crippen LogP contribution in [-0.4, -0.2) is 40.8 Å². The summed E-state index contributed by atoms with van der Waals surface area (Å²) in [4.78, 5) is 23.1. The largest absolute Gasteiger partial charge is 0.507 e. The summed E-state index contributed by atoms with van der Waals surface area (Å²) in [5.74, 6) is -3.23. The third kappa shape index (κ3) is 2.50. The Hall–Kier alpha value is -2.15. The van der Waals surface area contributed by atoms with Gasteiger partial charge < -0.3 is 20.3 Å². The number of hydrogen-bond acceptors (Lipinski definition) is 4. The van der Waals surface area contributed by atoms with Crippen molar-refractivity contribution in [2.24, 2.45) is 0 Å². The molecule has 1 aromatic rings. The number of halogens is 1. The minimum atomic E-state index is -1.50. The molecule has 1 unspecified atom stereocenters. The molecule has 1 heterocycles. The molecule has 1 aromatic carbocycles. The van der Waals surface area contributed by atoms with E-state index in [9.17, 15) is 19.1 Å². The van der Waals surface area contributed by atoms with Crippen molar-refractivity contribution in [3.05, 3.63) is 29.6 Å². The highest BCUT2D eigenvalue weighted by molar-refractivity contribution is 6.00. The Morgan fingerprint density at radius 3 is 2.68 bits per heavy atom. The van der Waals surface area contributed by atoms with E-state index in [2.05, 4.69) is 5.32 Å². The van der Waals surface area contributed by atoms with Crippen LogP contribution in [0.4, 0.5) is 4.39 Å². The van der Waals surface area contributed by atoms with Gasteiger partial charge in [0.15, 0.2) is 5.54 Å². The number of carboxylic acids is 1. The molecule has 2 rings (SSSR count). The van der Waals surface area contributed by atoms with E-state index >= 15 is 0 Å². The zero-order chi connectivity index (χ0) is 14.0. The molecule has 1 aliphatic heterocycles. The molecule has 3 N–H and O–H groups in total. The van der Waals surface area contributed by atoms with Crippen molar-refractivity contribution in [3.63, 3.8) is 0 Å². The Morgan fingerprint density at radius 1 is 1.42 bits per heavy atom. The topological polar surface area (TPSA) is 95.9 Å². The van der Waals surface area contributed by atoms with Gasteiger partial charge in [-0.3, -0.25) is 4.79 Å². The first-order chi connectivity index (χ1) is 8.94. The predicted molar refractivity (Wildman–Crippen MR) is 61.3 cm³/mol. The lowest BCUT2D eigenvalue weighted by Gasteiger charge is -2.23. The standard InChI is InChI=1S/C12H12FNO5/c13-7-1-2-8(9(15)5-7)10(16)14-12(11(17)18)3-4-19-6-12/h1-2,5,15H,3-4,6H2,(H,14,16)(H,17,18). The number of phenols is 1. The highest BCUT2D eigenvalue weighted by Crippen LogP contribution is 2.22. The van der Waals surface area contributed by atoms with Gasteiger partial charge in [-0.1, -0.05) is 0 Å². The number of hydrogen-bond donors (Lipinski definition) is 3. The predicted octanol–water partition coefficient (Wildman–Crippen LogP) is 0.505. The van der Waals surface area contributed by atoms with Gasteiger partial charge in [0, 0.05) is 19.1 Å². The fourth-order valence-corrected chi connectivity index (χ4v) is 1.87. The summed E-state index contributed by atoms with van der Waals surface area (Å²) in [7, 11) is 0. The molecule has 0 radical (unpaired) electrons. The summed E-state index contributed by atoms with van der Waals surface area (Å²) in [5, 5.41) is 21.0. The third-order valence-corrected chi connectivity index (χ3v) is 2.99. The Balaban J connectivity index is 2.22. The van der Waals surface area contributed by atoms with Crippen LogP contribution in [-0.2, 0) is 9.53 Å². The van der Waals surface area contributed by atoms with Crippen LogP contribution in [0.2, 0.25) is 0 Å². The average molecular weight is 269 g/mol. The number of rotatable bonds is 3. The fraction of sp³-hybridized carbons (Fsp3) is 0.333. The molecule has 19 heavy (non-hydrogen) atoms. The Labute approximate surface area is 107 Å². The summed E-state index contributed by atoms with van der Waals surface area (Å²) in [6.07, 6.45) is 0.135. The van der Waals surface area contributed by atoms with Crippen LogP contribution < -0.4 is 5.32 Å². The van der Waals surface area contributed by atoms with Gasteiger partial charge in [-0.25, -0.2) is 9.18 Å². The molecule has 6 nitrogen and oxygen atoms in total. The van der Waals surface area contributed by atoms with Gasteiger partial charge in [-0.2, -0.15) is 0 Å². The van der Waals surface area contributed by atoms with Crippen LogP contribution in [0.5, 0.6) is 5.75 Å². The van der Waals surface area contributed by atoms with Crippen molar-refractivity contribution in [3.8, 4) is 5.75 Å². The van der Waals surface area contributed by atoms with E-state index in [1.165, 1.54) is 0 Å². The van der Waals surface area contributed by atoms with Gasteiger partial charge in [0.25, 0.3) is 5.91 Å². The molecule has 1 fully saturated rings. The second-order valence-corrected chi connectivity index (χ2v) is 4.31. The number of nitrogens with one attached hydrogen (secondary N) is 1. The van der Waals surface area contributed by atoms with E-state index in [1.54, 1.807) is 0 Å². The first kappa shape index (κ1) is 13.3. The highest BCUT2D eigenvalue weighted by atomic mass is 19.1. The first-order valence-corrected chi connectivity index (χ1v) is 5.57. The maximum Gasteiger partial charge on any atom is 0.331 e. The van der Waals surface area contributed by atoms with Crippen molar-refractivity contribution < 1.29 is 28.9 Å². The number of phenolic OH excluding ortho intramolecular Hbond substituents is 1. The Morgan fingerprint density at radius 2 is 2.16 bits per heavy atom. The lowest BCUT2D eigenvalue weighted by molar-refractivity contribution is -0.144. The van der Waals surface area contributed by atoms with Gasteiger partial charge >= 0.3 is 5.97 Å². The second kappa shape index (κ2) is 4.85. The molecule has 1 amide bonds. The molecular weight excluding hydrogens is 257 g/mol. The maximum absolute atomic E-state index is 12.8. The first-order valence-electron chi connectivity index (χ1n) is 5.57. The zero-order valence-corrected chi connectivity index (χ0v) is 9.85. The van der Waals surface area contributed by atoms with Crippen molar-refractivity contribution in [1.82, 2.24) is 5.32 Å². The van der Waals surface area contributed by atoms with Gasteiger partial charge in [-0.05, 0) is 12.1 Å². The summed E-state index contributed by atoms with van der Waals surface area (Å²) < 4.78 is 17.8. The summed E-state index contributed by atoms with van der Waals surface area (Å²) >= 11 is 0. The van der Waals surface area contributed by atoms with Crippen molar-refractivity contribution in [1.29, 1.82) is 0 Å². The Bertz CT molecular complexity index is 525. The van der Waals surface area contributed by atoms with Crippen LogP contribution in [0, 0.1) is 5.82 Å². The molecule has 1 saturated heterocycles. The SMILES string of the molecule is O=C(NC1(C(=O)O)CCOC1)c1ccc(F)cc1O. The number of carboxylic acid groups (broad SMARTS) is 1. The van der Waals surface area contributed by atoms with Crippen LogP contribution >= 0.6 is 0 Å². The van der Waals surface area contributed by atoms with E-state index in [0.717, 1.165) is 18.2 Å². The van der Waals surface area contributed by atoms with Crippen molar-refractivity contribution in [2.45, 2.75) is 12.0 Å². The van der Waals surface area contributed by atoms with E-state index in [0.29, 0.717) is 0 Å². The lowest BCUT2D eigenvalue weighted by atomic mass is 9.98. The summed E-state index contributed by atoms with van der Waals surface area (Å²) in [5.41, 5.74) is -1.69. The molecule has 0 aromatic heterocycles. The van der Waals surface area contributed by atoms with Crippen LogP contribution in [0.25, 0.3) is 0 Å². The highest BCUT2D eigenvalue weighted by Gasteiger charge is 2.44. The van der Waals surface area contributed by atoms with Gasteiger partial charge in [-0.15, -0.1) is 0 Å². The quantitative estimate of drug-likeness (QED) is 0.742. The molecule has 0 aliphatic carbocycles. The lowest BCUT2D eigenvalue weighted by Crippen LogP contribution is -2.55. The zero-order valence-electron chi connectivity index (χ0n) is 9.85. The second-order valence-electron chi connectivity index (χ2n) is 4.31. The average Bonchev–Trinajstić information content (AvgIpc) is 2.78. The van der Waals surface area contributed by atoms with E-state index in [1.807, 2.05) is 0 Å². The molecule has 0 spiro atoms. The smallest absolute Gasteiger partial charge is 0.331 e. The molecule has 1 atom stereocenters. The summed E-state index contributed by atoms with van der Waals surface area (Å²) in [6.45, 7) is 0.0814. The van der Waals surface area contributed by atoms with E-state index in [4.69, 9.17) is 9.84 Å². The van der Waals surface area contributed by atoms with Crippen molar-refractivity contribution in [2.75, 3.05) is 13.2 Å². The van der Waals surface area contributed by atoms with Gasteiger partial charge in [0.2, 0.25) is 0 Å². The fourth-order valence-electron chi connectivity index (χ4n) is 1.87. The van der Waals surface area contributed by atoms with E-state index in [-0.39, 0.29) is 25.2 Å². The summed E-state index contributed by atoms with van der Waals surface area (Å²) in [6, 6.07) is 2.88. The number of aromatic hydroxyl groups is 1. The monoisotopic (exact) mass is 269 g/mol. The number of aliphatic carboxylic acids is 1.